The van der Waals surface area contributed by atoms with Crippen molar-refractivity contribution in [2.45, 2.75) is 36.4 Å². The van der Waals surface area contributed by atoms with E-state index in [2.05, 4.69) is 11.0 Å². The van der Waals surface area contributed by atoms with Crippen LogP contribution in [0.3, 0.4) is 0 Å². The van der Waals surface area contributed by atoms with Crippen molar-refractivity contribution in [2.24, 2.45) is 0 Å². The molecule has 44 heavy (non-hydrogen) atoms. The Balaban J connectivity index is 2.45. The van der Waals surface area contributed by atoms with Crippen LogP contribution in [0.1, 0.15) is 37.1 Å². The summed E-state index contributed by atoms with van der Waals surface area (Å²) in [6.07, 6.45) is -2.33. The highest BCUT2D eigenvalue weighted by atomic mass is 32.2. The zero-order chi connectivity index (χ0) is 33.3. The molecule has 0 aliphatic carbocycles. The number of amides is 4. The number of hydrogen-bond acceptors (Lipinski definition) is 16. The van der Waals surface area contributed by atoms with E-state index in [4.69, 9.17) is 19.1 Å². The van der Waals surface area contributed by atoms with Gasteiger partial charge in [-0.3, -0.25) is 0 Å². The molecule has 2 aliphatic rings. The van der Waals surface area contributed by atoms with Crippen molar-refractivity contribution in [3.8, 4) is 11.5 Å². The van der Waals surface area contributed by atoms with Gasteiger partial charge in [-0.15, -0.1) is 11.0 Å². The lowest BCUT2D eigenvalue weighted by Crippen LogP contribution is -2.40. The van der Waals surface area contributed by atoms with Gasteiger partial charge in [0.25, 0.3) is 0 Å². The number of fused-ring (bicyclic) bond motifs is 3. The average Bonchev–Trinajstić information content (AvgIpc) is 2.94. The number of rotatable bonds is 4. The van der Waals surface area contributed by atoms with Gasteiger partial charge in [-0.05, 0) is 26.0 Å². The van der Waals surface area contributed by atoms with Gasteiger partial charge >= 0.3 is 24.4 Å². The Morgan fingerprint density at radius 2 is 1.09 bits per heavy atom. The predicted octanol–water partition coefficient (Wildman–Crippen LogP) is 1.80. The first-order chi connectivity index (χ1) is 20.2. The van der Waals surface area contributed by atoms with Crippen LogP contribution in [0, 0.1) is 0 Å². The van der Waals surface area contributed by atoms with Gasteiger partial charge in [0.1, 0.15) is 11.5 Å². The van der Waals surface area contributed by atoms with Crippen molar-refractivity contribution in [3.05, 3.63) is 23.3 Å². The molecule has 18 nitrogen and oxygen atoms in total. The van der Waals surface area contributed by atoms with Crippen LogP contribution in [-0.4, -0.2) is 110 Å². The first-order valence-corrected chi connectivity index (χ1v) is 17.8. The molecule has 0 radical (unpaired) electrons. The van der Waals surface area contributed by atoms with E-state index < -0.39 is 72.4 Å². The number of hydroxylamine groups is 2. The number of carbonyl (C=O) groups excluding carboxylic acids is 4. The smallest absolute Gasteiger partial charge is 0.409 e. The van der Waals surface area contributed by atoms with E-state index in [-0.39, 0.29) is 16.9 Å². The maximum Gasteiger partial charge on any atom is 0.439 e. The average molecular weight is 701 g/mol. The van der Waals surface area contributed by atoms with Crippen molar-refractivity contribution in [1.82, 2.24) is 28.2 Å². The predicted molar refractivity (Wildman–Crippen MR) is 158 cm³/mol. The monoisotopic (exact) mass is 700 g/mol. The third kappa shape index (κ3) is 7.90. The molecule has 0 aromatic heterocycles. The summed E-state index contributed by atoms with van der Waals surface area (Å²) in [4.78, 5) is 62.1. The number of ether oxygens (including phenoxy) is 2. The minimum absolute atomic E-state index is 0.115. The summed E-state index contributed by atoms with van der Waals surface area (Å²) in [7, 11) is -2.78. The number of carbonyl (C=O) groups is 4. The molecule has 0 fully saturated rings. The van der Waals surface area contributed by atoms with E-state index >= 15 is 0 Å². The van der Waals surface area contributed by atoms with Crippen LogP contribution in [0.5, 0.6) is 11.5 Å². The Morgan fingerprint density at radius 1 is 0.682 bits per heavy atom. The van der Waals surface area contributed by atoms with E-state index in [0.717, 1.165) is 29.7 Å². The maximum absolute atomic E-state index is 13.4. The topological polar surface area (TPSA) is 210 Å². The minimum Gasteiger partial charge on any atom is -0.409 e. The van der Waals surface area contributed by atoms with Gasteiger partial charge in [-0.1, -0.05) is 0 Å². The van der Waals surface area contributed by atoms with Gasteiger partial charge in [0, 0.05) is 46.3 Å². The summed E-state index contributed by atoms with van der Waals surface area (Å²) in [5.74, 6) is -0.791. The molecule has 0 spiro atoms. The van der Waals surface area contributed by atoms with Crippen LogP contribution >= 0.6 is 24.3 Å². The summed E-state index contributed by atoms with van der Waals surface area (Å²) in [5, 5.41) is -2.79. The first kappa shape index (κ1) is 35.3. The Kier molecular flexibility index (Phi) is 10.8. The van der Waals surface area contributed by atoms with E-state index in [0.29, 0.717) is 24.3 Å². The van der Waals surface area contributed by atoms with Gasteiger partial charge in [-0.2, -0.15) is 0 Å². The molecule has 0 saturated heterocycles. The number of hydrogen-bond donors (Lipinski definition) is 2. The summed E-state index contributed by atoms with van der Waals surface area (Å²) >= 11 is 1.16. The molecule has 2 aliphatic heterocycles. The lowest BCUT2D eigenvalue weighted by molar-refractivity contribution is 0.0555. The molecular weight excluding hydrogens is 669 g/mol. The van der Waals surface area contributed by atoms with Crippen molar-refractivity contribution in [1.29, 1.82) is 0 Å². The second-order valence-corrected chi connectivity index (χ2v) is 17.1. The lowest BCUT2D eigenvalue weighted by atomic mass is 9.94. The van der Waals surface area contributed by atoms with E-state index in [9.17, 15) is 36.0 Å². The minimum atomic E-state index is -3.98. The van der Waals surface area contributed by atoms with Gasteiger partial charge in [0.2, 0.25) is 0 Å². The number of sulfone groups is 2. The van der Waals surface area contributed by atoms with Crippen molar-refractivity contribution in [2.75, 3.05) is 40.7 Å². The SMILES string of the molecule is CC(C1NOC(=O)N(C)SN(C)C(=O)Oc2c1ccc1c2C(C(C)S(C)(=O)=O)NOC(=O)N(C)SN(C)C(=O)O1)S(C)(=O)=O. The fraction of sp³-hybridized carbons (Fsp3) is 0.545. The Bertz CT molecular complexity index is 1540. The fourth-order valence-electron chi connectivity index (χ4n) is 3.80. The molecule has 0 bridgehead atoms. The summed E-state index contributed by atoms with van der Waals surface area (Å²) in [6.45, 7) is 2.56. The molecule has 4 unspecified atom stereocenters. The Morgan fingerprint density at radius 3 is 1.57 bits per heavy atom. The van der Waals surface area contributed by atoms with E-state index in [1.807, 2.05) is 0 Å². The third-order valence-electron chi connectivity index (χ3n) is 6.57. The Hall–Kier alpha value is -3.18. The lowest BCUT2D eigenvalue weighted by Gasteiger charge is -2.30. The highest BCUT2D eigenvalue weighted by molar-refractivity contribution is 7.95. The van der Waals surface area contributed by atoms with Gasteiger partial charge in [-0.25, -0.2) is 53.2 Å². The number of benzene rings is 1. The molecule has 246 valence electrons. The molecule has 4 atom stereocenters. The molecule has 3 rings (SSSR count). The Labute approximate surface area is 262 Å². The third-order valence-corrected chi connectivity index (χ3v) is 11.4. The van der Waals surface area contributed by atoms with Crippen LogP contribution in [0.2, 0.25) is 0 Å². The van der Waals surface area contributed by atoms with Crippen molar-refractivity contribution >= 4 is 68.3 Å². The second kappa shape index (κ2) is 13.4. The molecule has 4 amide bonds. The van der Waals surface area contributed by atoms with Crippen molar-refractivity contribution < 1.29 is 55.2 Å². The first-order valence-electron chi connectivity index (χ1n) is 12.5. The molecule has 22 heteroatoms. The standard InChI is InChI=1S/C22H32N6O12S4/c1-11(43(7,33)34)16-13-9-10-14-15(18(13)38-20(30)26(4)42-27(5)21(31)39-23-16)17(12(2)44(8,35)36)24-40-22(32)28(6)41-25(3)19(29)37-14/h9-12,16-17,23-24H,1-8H3. The van der Waals surface area contributed by atoms with Gasteiger partial charge in [0.05, 0.1) is 52.4 Å². The van der Waals surface area contributed by atoms with Gasteiger partial charge in [0.15, 0.2) is 19.7 Å². The molecular formula is C22H32N6O12S4. The van der Waals surface area contributed by atoms with Gasteiger partial charge < -0.3 is 19.1 Å². The van der Waals surface area contributed by atoms with Crippen LogP contribution in [-0.2, 0) is 29.3 Å². The maximum atomic E-state index is 13.4. The van der Waals surface area contributed by atoms with Crippen LogP contribution in [0.15, 0.2) is 12.1 Å². The second-order valence-electron chi connectivity index (χ2n) is 9.78. The van der Waals surface area contributed by atoms with Crippen molar-refractivity contribution in [3.63, 3.8) is 0 Å². The normalized spacial score (nSPS) is 22.6. The molecule has 2 heterocycles. The van der Waals surface area contributed by atoms with Crippen LogP contribution in [0.4, 0.5) is 19.2 Å². The zero-order valence-corrected chi connectivity index (χ0v) is 28.1. The molecule has 1 aromatic carbocycles. The summed E-state index contributed by atoms with van der Waals surface area (Å²) < 4.78 is 66.2. The number of nitrogens with one attached hydrogen (secondary N) is 2. The molecule has 2 N–H and O–H groups in total. The summed E-state index contributed by atoms with van der Waals surface area (Å²) in [6, 6.07) is -0.548. The largest absolute Gasteiger partial charge is 0.439 e. The number of nitrogens with zero attached hydrogens (tertiary/aromatic N) is 4. The molecule has 0 saturated carbocycles. The quantitative estimate of drug-likeness (QED) is 0.429. The van der Waals surface area contributed by atoms with Crippen LogP contribution < -0.4 is 20.4 Å². The summed E-state index contributed by atoms with van der Waals surface area (Å²) in [5.41, 5.74) is 4.39. The fourth-order valence-corrected chi connectivity index (χ4v) is 6.34. The van der Waals surface area contributed by atoms with Crippen LogP contribution in [0.25, 0.3) is 0 Å². The molecule has 1 aromatic rings. The highest BCUT2D eigenvalue weighted by Crippen LogP contribution is 2.44. The van der Waals surface area contributed by atoms with E-state index in [1.165, 1.54) is 54.2 Å². The highest BCUT2D eigenvalue weighted by Gasteiger charge is 2.41. The van der Waals surface area contributed by atoms with E-state index in [1.54, 1.807) is 0 Å². The zero-order valence-electron chi connectivity index (χ0n) is 24.8.